The van der Waals surface area contributed by atoms with E-state index in [0.29, 0.717) is 13.1 Å². The average Bonchev–Trinajstić information content (AvgIpc) is 2.98. The van der Waals surface area contributed by atoms with Crippen LogP contribution in [0.5, 0.6) is 0 Å². The number of carbonyl (C=O) groups excluding carboxylic acids is 2. The van der Waals surface area contributed by atoms with Crippen molar-refractivity contribution >= 4 is 36.6 Å². The number of fused-ring (bicyclic) bond motifs is 2. The predicted molar refractivity (Wildman–Crippen MR) is 105 cm³/mol. The van der Waals surface area contributed by atoms with Crippen LogP contribution < -0.4 is 0 Å². The smallest absolute Gasteiger partial charge is 0.246 e. The molecule has 4 nitrogen and oxygen atoms in total. The average molecular weight is 393 g/mol. The van der Waals surface area contributed by atoms with Crippen LogP contribution >= 0.6 is 24.8 Å². The number of rotatable bonds is 4. The van der Waals surface area contributed by atoms with Gasteiger partial charge in [-0.2, -0.15) is 0 Å². The van der Waals surface area contributed by atoms with E-state index in [4.69, 9.17) is 0 Å². The molecule has 0 radical (unpaired) electrons. The zero-order chi connectivity index (χ0) is 16.5. The fourth-order valence-electron chi connectivity index (χ4n) is 3.80. The quantitative estimate of drug-likeness (QED) is 0.748. The lowest BCUT2D eigenvalue weighted by molar-refractivity contribution is -0.158. The number of hydrogen-bond acceptors (Lipinski definition) is 3. The van der Waals surface area contributed by atoms with Crippen molar-refractivity contribution in [3.63, 3.8) is 0 Å². The molecule has 6 heteroatoms. The number of nitrogens with zero attached hydrogens (tertiary/aromatic N) is 2. The normalized spacial score (nSPS) is 21.9. The van der Waals surface area contributed by atoms with Crippen LogP contribution in [0, 0.1) is 0 Å². The van der Waals surface area contributed by atoms with Crippen LogP contribution in [0.4, 0.5) is 0 Å². The monoisotopic (exact) mass is 392 g/mol. The first-order valence-corrected chi connectivity index (χ1v) is 8.43. The molecular weight excluding hydrogens is 371 g/mol. The Morgan fingerprint density at radius 2 is 1.12 bits per heavy atom. The van der Waals surface area contributed by atoms with E-state index < -0.39 is 0 Å². The zero-order valence-corrected chi connectivity index (χ0v) is 15.9. The number of hydrogen-bond donors (Lipinski definition) is 0. The molecule has 2 aromatic rings. The van der Waals surface area contributed by atoms with Crippen LogP contribution in [0.2, 0.25) is 0 Å². The molecule has 26 heavy (non-hydrogen) atoms. The van der Waals surface area contributed by atoms with Crippen molar-refractivity contribution in [2.24, 2.45) is 0 Å². The third-order valence-corrected chi connectivity index (χ3v) is 5.01. The Kier molecular flexibility index (Phi) is 6.81. The molecule has 0 spiro atoms. The molecule has 2 saturated heterocycles. The van der Waals surface area contributed by atoms with Gasteiger partial charge in [-0.05, 0) is 24.0 Å². The SMILES string of the molecule is Cl.Cl.O=C1C2CCC(C(=O)N1Cc1ccccc1)N2Cc1ccccc1. The minimum atomic E-state index is -0.170. The molecule has 2 bridgehead atoms. The van der Waals surface area contributed by atoms with E-state index >= 15 is 0 Å². The first kappa shape index (κ1) is 20.4. The maximum absolute atomic E-state index is 12.9. The summed E-state index contributed by atoms with van der Waals surface area (Å²) in [5, 5.41) is 0. The summed E-state index contributed by atoms with van der Waals surface area (Å²) in [5.41, 5.74) is 2.14. The molecule has 2 unspecified atom stereocenters. The van der Waals surface area contributed by atoms with E-state index in [9.17, 15) is 9.59 Å². The molecule has 0 saturated carbocycles. The van der Waals surface area contributed by atoms with E-state index in [2.05, 4.69) is 4.90 Å². The number of benzene rings is 2. The zero-order valence-electron chi connectivity index (χ0n) is 14.3. The number of halogens is 2. The molecular formula is C20H22Cl2N2O2. The van der Waals surface area contributed by atoms with E-state index in [0.717, 1.165) is 24.0 Å². The van der Waals surface area contributed by atoms with Gasteiger partial charge in [0.1, 0.15) is 0 Å². The Morgan fingerprint density at radius 3 is 1.58 bits per heavy atom. The summed E-state index contributed by atoms with van der Waals surface area (Å²) in [6.45, 7) is 1.04. The van der Waals surface area contributed by atoms with Crippen LogP contribution in [-0.2, 0) is 22.7 Å². The fraction of sp³-hybridized carbons (Fsp3) is 0.300. The number of likely N-dealkylation sites (tertiary alicyclic amines) is 1. The molecule has 2 aliphatic heterocycles. The number of carbonyl (C=O) groups is 2. The van der Waals surface area contributed by atoms with Gasteiger partial charge < -0.3 is 0 Å². The lowest BCUT2D eigenvalue weighted by atomic mass is 10.1. The second kappa shape index (κ2) is 8.67. The van der Waals surface area contributed by atoms with Gasteiger partial charge >= 0.3 is 0 Å². The molecule has 4 rings (SSSR count). The largest absolute Gasteiger partial charge is 0.276 e. The summed E-state index contributed by atoms with van der Waals surface area (Å²) in [6.07, 6.45) is 1.54. The van der Waals surface area contributed by atoms with E-state index in [1.807, 2.05) is 60.7 Å². The molecule has 0 aliphatic carbocycles. The fourth-order valence-corrected chi connectivity index (χ4v) is 3.80. The van der Waals surface area contributed by atoms with Gasteiger partial charge in [0.25, 0.3) is 0 Å². The lowest BCUT2D eigenvalue weighted by Gasteiger charge is -2.38. The van der Waals surface area contributed by atoms with Crippen molar-refractivity contribution < 1.29 is 9.59 Å². The Hall–Kier alpha value is -1.88. The van der Waals surface area contributed by atoms with Gasteiger partial charge in [-0.1, -0.05) is 60.7 Å². The van der Waals surface area contributed by atoms with Gasteiger partial charge in [0.05, 0.1) is 18.6 Å². The van der Waals surface area contributed by atoms with Crippen LogP contribution in [0.3, 0.4) is 0 Å². The van der Waals surface area contributed by atoms with Crippen molar-refractivity contribution in [3.8, 4) is 0 Å². The van der Waals surface area contributed by atoms with E-state index in [1.54, 1.807) is 0 Å². The summed E-state index contributed by atoms with van der Waals surface area (Å²) in [5.74, 6) is -0.0953. The Bertz CT molecular complexity index is 731. The lowest BCUT2D eigenvalue weighted by Crippen LogP contribution is -2.59. The highest BCUT2D eigenvalue weighted by molar-refractivity contribution is 6.03. The van der Waals surface area contributed by atoms with Crippen LogP contribution in [-0.4, -0.2) is 33.7 Å². The maximum Gasteiger partial charge on any atom is 0.246 e. The molecule has 138 valence electrons. The van der Waals surface area contributed by atoms with Crippen molar-refractivity contribution in [2.75, 3.05) is 0 Å². The molecule has 2 heterocycles. The van der Waals surface area contributed by atoms with Gasteiger partial charge in [0.15, 0.2) is 0 Å². The molecule has 0 aromatic heterocycles. The number of imide groups is 1. The highest BCUT2D eigenvalue weighted by Crippen LogP contribution is 2.34. The summed E-state index contributed by atoms with van der Waals surface area (Å²) < 4.78 is 0. The Labute approximate surface area is 166 Å². The Balaban J connectivity index is 0.00000121. The van der Waals surface area contributed by atoms with Gasteiger partial charge in [-0.3, -0.25) is 19.4 Å². The second-order valence-electron chi connectivity index (χ2n) is 6.52. The molecule has 0 N–H and O–H groups in total. The van der Waals surface area contributed by atoms with Gasteiger partial charge in [-0.15, -0.1) is 24.8 Å². The highest BCUT2D eigenvalue weighted by atomic mass is 35.5. The van der Waals surface area contributed by atoms with Crippen molar-refractivity contribution in [3.05, 3.63) is 71.8 Å². The molecule has 2 amide bonds. The van der Waals surface area contributed by atoms with Gasteiger partial charge in [-0.25, -0.2) is 0 Å². The summed E-state index contributed by atoms with van der Waals surface area (Å²) in [7, 11) is 0. The highest BCUT2D eigenvalue weighted by Gasteiger charge is 2.50. The minimum absolute atomic E-state index is 0. The van der Waals surface area contributed by atoms with Crippen molar-refractivity contribution in [1.29, 1.82) is 0 Å². The molecule has 2 atom stereocenters. The van der Waals surface area contributed by atoms with E-state index in [1.165, 1.54) is 4.90 Å². The first-order valence-electron chi connectivity index (χ1n) is 8.43. The van der Waals surface area contributed by atoms with Gasteiger partial charge in [0, 0.05) is 6.54 Å². The van der Waals surface area contributed by atoms with Crippen LogP contribution in [0.25, 0.3) is 0 Å². The predicted octanol–water partition coefficient (Wildman–Crippen LogP) is 3.43. The van der Waals surface area contributed by atoms with Crippen molar-refractivity contribution in [1.82, 2.24) is 9.80 Å². The molecule has 2 aliphatic rings. The second-order valence-corrected chi connectivity index (χ2v) is 6.52. The Morgan fingerprint density at radius 1 is 0.692 bits per heavy atom. The summed E-state index contributed by atoms with van der Waals surface area (Å²) in [4.78, 5) is 29.3. The van der Waals surface area contributed by atoms with Crippen LogP contribution in [0.1, 0.15) is 24.0 Å². The third-order valence-electron chi connectivity index (χ3n) is 5.01. The standard InChI is InChI=1S/C20H20N2O2.2ClH/c23-19-17-11-12-18(21(17)13-15-7-3-1-4-8-15)20(24)22(19)14-16-9-5-2-6-10-16;;/h1-10,17-18H,11-14H2;2*1H. The molecule has 2 fully saturated rings. The van der Waals surface area contributed by atoms with E-state index in [-0.39, 0.29) is 48.7 Å². The summed E-state index contributed by atoms with van der Waals surface area (Å²) in [6, 6.07) is 19.4. The van der Waals surface area contributed by atoms with Crippen LogP contribution in [0.15, 0.2) is 60.7 Å². The maximum atomic E-state index is 12.9. The van der Waals surface area contributed by atoms with Crippen molar-refractivity contribution in [2.45, 2.75) is 38.0 Å². The number of piperazine rings is 1. The topological polar surface area (TPSA) is 40.6 Å². The summed E-state index contributed by atoms with van der Waals surface area (Å²) >= 11 is 0. The first-order chi connectivity index (χ1) is 11.7. The number of amides is 2. The third kappa shape index (κ3) is 3.78. The molecule has 2 aromatic carbocycles. The minimum Gasteiger partial charge on any atom is -0.276 e. The van der Waals surface area contributed by atoms with Gasteiger partial charge in [0.2, 0.25) is 11.8 Å².